The Morgan fingerprint density at radius 1 is 1.38 bits per heavy atom. The molecule has 1 saturated heterocycles. The molecule has 1 aliphatic heterocycles. The minimum Gasteiger partial charge on any atom is -0.352 e. The monoisotopic (exact) mass is 284 g/mol. The number of carbonyl (C=O) groups excluding carboxylic acids is 1. The van der Waals surface area contributed by atoms with Crippen LogP contribution in [0.2, 0.25) is 0 Å². The molecule has 5 heteroatoms. The summed E-state index contributed by atoms with van der Waals surface area (Å²) in [7, 11) is 0. The lowest BCUT2D eigenvalue weighted by atomic mass is 9.98. The Morgan fingerprint density at radius 3 is 2.90 bits per heavy atom. The van der Waals surface area contributed by atoms with Gasteiger partial charge in [-0.1, -0.05) is 18.2 Å². The number of nitrogens with two attached hydrogens (primary N) is 1. The Bertz CT molecular complexity index is 696. The Morgan fingerprint density at radius 2 is 2.14 bits per heavy atom. The van der Waals surface area contributed by atoms with Crippen LogP contribution in [0, 0.1) is 0 Å². The van der Waals surface area contributed by atoms with Crippen molar-refractivity contribution in [2.75, 3.05) is 18.0 Å². The second kappa shape index (κ2) is 5.00. The molecule has 3 rings (SSSR count). The van der Waals surface area contributed by atoms with E-state index in [2.05, 4.69) is 10.2 Å². The van der Waals surface area contributed by atoms with Crippen molar-refractivity contribution in [3.05, 3.63) is 35.9 Å². The van der Waals surface area contributed by atoms with E-state index in [1.165, 1.54) is 0 Å². The molecule has 1 amide bonds. The van der Waals surface area contributed by atoms with Gasteiger partial charge in [-0.2, -0.15) is 0 Å². The molecule has 2 heterocycles. The quantitative estimate of drug-likeness (QED) is 0.874. The summed E-state index contributed by atoms with van der Waals surface area (Å²) >= 11 is 0. The minimum absolute atomic E-state index is 0.0259. The molecule has 0 spiro atoms. The van der Waals surface area contributed by atoms with E-state index in [-0.39, 0.29) is 5.91 Å². The molecule has 0 aliphatic carbocycles. The summed E-state index contributed by atoms with van der Waals surface area (Å²) < 4.78 is 0. The summed E-state index contributed by atoms with van der Waals surface area (Å²) in [4.78, 5) is 18.9. The lowest BCUT2D eigenvalue weighted by molar-refractivity contribution is -0.126. The molecule has 0 bridgehead atoms. The Hall–Kier alpha value is -2.14. The standard InChI is InChI=1S/C16H20N4O/c1-16(2)15(21)18-7-8-20(16)14-9-11(10-17)12-5-3-4-6-13(12)19-14/h3-6,9H,7-8,10,17H2,1-2H3,(H,18,21). The number of benzene rings is 1. The zero-order valence-corrected chi connectivity index (χ0v) is 12.4. The Labute approximate surface area is 124 Å². The van der Waals surface area contributed by atoms with E-state index in [0.717, 1.165) is 28.8 Å². The first-order valence-corrected chi connectivity index (χ1v) is 7.18. The third-order valence-electron chi connectivity index (χ3n) is 4.14. The summed E-state index contributed by atoms with van der Waals surface area (Å²) in [6.45, 7) is 5.67. The average molecular weight is 284 g/mol. The van der Waals surface area contributed by atoms with Crippen molar-refractivity contribution in [2.24, 2.45) is 5.73 Å². The van der Waals surface area contributed by atoms with Crippen LogP contribution < -0.4 is 16.0 Å². The van der Waals surface area contributed by atoms with E-state index in [9.17, 15) is 4.79 Å². The minimum atomic E-state index is -0.612. The van der Waals surface area contributed by atoms with Gasteiger partial charge in [-0.25, -0.2) is 4.98 Å². The van der Waals surface area contributed by atoms with Crippen molar-refractivity contribution in [3.63, 3.8) is 0 Å². The van der Waals surface area contributed by atoms with Crippen LogP contribution in [0.1, 0.15) is 19.4 Å². The van der Waals surface area contributed by atoms with Crippen molar-refractivity contribution >= 4 is 22.6 Å². The van der Waals surface area contributed by atoms with Crippen LogP contribution in [0.25, 0.3) is 10.9 Å². The molecular formula is C16H20N4O. The smallest absolute Gasteiger partial charge is 0.245 e. The maximum atomic E-state index is 12.1. The van der Waals surface area contributed by atoms with Crippen LogP contribution in [-0.2, 0) is 11.3 Å². The maximum Gasteiger partial charge on any atom is 0.245 e. The number of piperazine rings is 1. The first-order valence-electron chi connectivity index (χ1n) is 7.18. The second-order valence-corrected chi connectivity index (χ2v) is 5.83. The highest BCUT2D eigenvalue weighted by molar-refractivity contribution is 5.91. The molecule has 1 aromatic carbocycles. The molecule has 0 atom stereocenters. The number of hydrogen-bond donors (Lipinski definition) is 2. The number of fused-ring (bicyclic) bond motifs is 1. The molecule has 0 unspecified atom stereocenters. The van der Waals surface area contributed by atoms with Gasteiger partial charge in [0.25, 0.3) is 0 Å². The lowest BCUT2D eigenvalue weighted by Crippen LogP contribution is -2.62. The molecule has 3 N–H and O–H groups in total. The van der Waals surface area contributed by atoms with Gasteiger partial charge in [0.15, 0.2) is 0 Å². The van der Waals surface area contributed by atoms with Gasteiger partial charge in [-0.05, 0) is 31.5 Å². The van der Waals surface area contributed by atoms with Crippen LogP contribution in [0.4, 0.5) is 5.82 Å². The number of nitrogens with one attached hydrogen (secondary N) is 1. The fourth-order valence-corrected chi connectivity index (χ4v) is 2.84. The van der Waals surface area contributed by atoms with Crippen molar-refractivity contribution in [3.8, 4) is 0 Å². The van der Waals surface area contributed by atoms with Gasteiger partial charge in [0, 0.05) is 25.0 Å². The molecular weight excluding hydrogens is 264 g/mol. The number of hydrogen-bond acceptors (Lipinski definition) is 4. The highest BCUT2D eigenvalue weighted by Crippen LogP contribution is 2.28. The molecule has 5 nitrogen and oxygen atoms in total. The second-order valence-electron chi connectivity index (χ2n) is 5.83. The van der Waals surface area contributed by atoms with Gasteiger partial charge in [0.05, 0.1) is 5.52 Å². The van der Waals surface area contributed by atoms with Crippen molar-refractivity contribution in [1.29, 1.82) is 0 Å². The number of anilines is 1. The molecule has 0 saturated carbocycles. The third-order valence-corrected chi connectivity index (χ3v) is 4.14. The molecule has 1 aliphatic rings. The Kier molecular flexibility index (Phi) is 3.29. The predicted octanol–water partition coefficient (Wildman–Crippen LogP) is 1.41. The molecule has 1 aromatic heterocycles. The summed E-state index contributed by atoms with van der Waals surface area (Å²) in [6, 6.07) is 9.97. The molecule has 2 aromatic rings. The molecule has 110 valence electrons. The van der Waals surface area contributed by atoms with Crippen LogP contribution in [-0.4, -0.2) is 29.5 Å². The summed E-state index contributed by atoms with van der Waals surface area (Å²) in [5, 5.41) is 3.98. The number of rotatable bonds is 2. The van der Waals surface area contributed by atoms with E-state index < -0.39 is 5.54 Å². The zero-order valence-electron chi connectivity index (χ0n) is 12.4. The highest BCUT2D eigenvalue weighted by Gasteiger charge is 2.38. The topological polar surface area (TPSA) is 71.2 Å². The molecule has 0 radical (unpaired) electrons. The molecule has 1 fully saturated rings. The zero-order chi connectivity index (χ0) is 15.0. The van der Waals surface area contributed by atoms with Crippen LogP contribution in [0.5, 0.6) is 0 Å². The average Bonchev–Trinajstić information content (AvgIpc) is 2.48. The number of amides is 1. The van der Waals surface area contributed by atoms with Gasteiger partial charge in [0.1, 0.15) is 11.4 Å². The number of pyridine rings is 1. The third kappa shape index (κ3) is 2.23. The van der Waals surface area contributed by atoms with Crippen LogP contribution in [0.3, 0.4) is 0 Å². The summed E-state index contributed by atoms with van der Waals surface area (Å²) in [5.74, 6) is 0.840. The van der Waals surface area contributed by atoms with Crippen LogP contribution >= 0.6 is 0 Å². The Balaban J connectivity index is 2.14. The first-order chi connectivity index (χ1) is 10.0. The number of carbonyl (C=O) groups is 1. The van der Waals surface area contributed by atoms with Crippen molar-refractivity contribution < 1.29 is 4.79 Å². The maximum absolute atomic E-state index is 12.1. The molecule has 21 heavy (non-hydrogen) atoms. The van der Waals surface area contributed by atoms with Crippen molar-refractivity contribution in [1.82, 2.24) is 10.3 Å². The highest BCUT2D eigenvalue weighted by atomic mass is 16.2. The van der Waals surface area contributed by atoms with E-state index in [4.69, 9.17) is 10.7 Å². The van der Waals surface area contributed by atoms with E-state index in [1.807, 2.05) is 44.2 Å². The van der Waals surface area contributed by atoms with Gasteiger partial charge in [-0.15, -0.1) is 0 Å². The van der Waals surface area contributed by atoms with Gasteiger partial charge in [-0.3, -0.25) is 4.79 Å². The van der Waals surface area contributed by atoms with E-state index >= 15 is 0 Å². The fourth-order valence-electron chi connectivity index (χ4n) is 2.84. The normalized spacial score (nSPS) is 17.9. The first kappa shape index (κ1) is 13.8. The largest absolute Gasteiger partial charge is 0.352 e. The number of nitrogens with zero attached hydrogens (tertiary/aromatic N) is 2. The van der Waals surface area contributed by atoms with Crippen LogP contribution in [0.15, 0.2) is 30.3 Å². The number of aromatic nitrogens is 1. The predicted molar refractivity (Wildman–Crippen MR) is 84.1 cm³/mol. The van der Waals surface area contributed by atoms with Gasteiger partial charge < -0.3 is 16.0 Å². The van der Waals surface area contributed by atoms with E-state index in [0.29, 0.717) is 13.1 Å². The van der Waals surface area contributed by atoms with E-state index in [1.54, 1.807) is 0 Å². The number of para-hydroxylation sites is 1. The SMILES string of the molecule is CC1(C)C(=O)NCCN1c1cc(CN)c2ccccc2n1. The van der Waals surface area contributed by atoms with Crippen molar-refractivity contribution in [2.45, 2.75) is 25.9 Å². The fraction of sp³-hybridized carbons (Fsp3) is 0.375. The lowest BCUT2D eigenvalue weighted by Gasteiger charge is -2.42. The summed E-state index contributed by atoms with van der Waals surface area (Å²) in [6.07, 6.45) is 0. The van der Waals surface area contributed by atoms with Gasteiger partial charge in [0.2, 0.25) is 5.91 Å². The summed E-state index contributed by atoms with van der Waals surface area (Å²) in [5.41, 5.74) is 7.24. The van der Waals surface area contributed by atoms with Gasteiger partial charge >= 0.3 is 0 Å².